The molecule has 0 radical (unpaired) electrons. The highest BCUT2D eigenvalue weighted by molar-refractivity contribution is 7.09. The van der Waals surface area contributed by atoms with Crippen molar-refractivity contribution in [2.45, 2.75) is 39.5 Å². The molecule has 2 aromatic rings. The van der Waals surface area contributed by atoms with Crippen LogP contribution in [-0.2, 0) is 22.7 Å². The second-order valence-corrected chi connectivity index (χ2v) is 6.83. The summed E-state index contributed by atoms with van der Waals surface area (Å²) in [5.41, 5.74) is 0.860. The highest BCUT2D eigenvalue weighted by atomic mass is 32.1. The third-order valence-electron chi connectivity index (χ3n) is 4.06. The summed E-state index contributed by atoms with van der Waals surface area (Å²) in [6, 6.07) is 7.65. The summed E-state index contributed by atoms with van der Waals surface area (Å²) in [6.07, 6.45) is 0.878. The van der Waals surface area contributed by atoms with Crippen LogP contribution in [-0.4, -0.2) is 42.7 Å². The second kappa shape index (κ2) is 10.1. The first-order valence-corrected chi connectivity index (χ1v) is 9.44. The van der Waals surface area contributed by atoms with E-state index in [1.807, 2.05) is 41.5 Å². The van der Waals surface area contributed by atoms with Crippen LogP contribution in [0.1, 0.15) is 31.0 Å². The van der Waals surface area contributed by atoms with Gasteiger partial charge in [-0.25, -0.2) is 4.98 Å². The van der Waals surface area contributed by atoms with Gasteiger partial charge in [-0.2, -0.15) is 0 Å². The molecule has 0 fully saturated rings. The summed E-state index contributed by atoms with van der Waals surface area (Å²) in [7, 11) is 3.15. The van der Waals surface area contributed by atoms with Crippen LogP contribution < -0.4 is 9.47 Å². The number of hydrogen-bond donors (Lipinski definition) is 0. The Morgan fingerprint density at radius 1 is 1.27 bits per heavy atom. The molecule has 0 aliphatic rings. The van der Waals surface area contributed by atoms with Gasteiger partial charge in [-0.1, -0.05) is 19.1 Å². The molecule has 0 bridgehead atoms. The Kier molecular flexibility index (Phi) is 7.87. The fourth-order valence-corrected chi connectivity index (χ4v) is 3.15. The minimum Gasteiger partial charge on any atom is -0.493 e. The van der Waals surface area contributed by atoms with Crippen LogP contribution in [0, 0.1) is 0 Å². The molecular weight excluding hydrogens is 352 g/mol. The van der Waals surface area contributed by atoms with Gasteiger partial charge in [0, 0.05) is 18.5 Å². The summed E-state index contributed by atoms with van der Waals surface area (Å²) >= 11 is 1.52. The van der Waals surface area contributed by atoms with E-state index in [2.05, 4.69) is 11.9 Å². The molecule has 26 heavy (non-hydrogen) atoms. The number of ether oxygens (including phenoxy) is 3. The number of benzene rings is 1. The van der Waals surface area contributed by atoms with Gasteiger partial charge in [0.15, 0.2) is 11.5 Å². The van der Waals surface area contributed by atoms with Crippen molar-refractivity contribution in [3.8, 4) is 11.5 Å². The van der Waals surface area contributed by atoms with Gasteiger partial charge in [-0.05, 0) is 25.5 Å². The third kappa shape index (κ3) is 5.44. The number of methoxy groups -OCH3 is 2. The van der Waals surface area contributed by atoms with Crippen LogP contribution in [0.2, 0.25) is 0 Å². The molecule has 1 unspecified atom stereocenters. The van der Waals surface area contributed by atoms with Crippen LogP contribution >= 0.6 is 11.3 Å². The van der Waals surface area contributed by atoms with Crippen LogP contribution in [0.15, 0.2) is 29.6 Å². The molecule has 1 heterocycles. The maximum atomic E-state index is 12.3. The summed E-state index contributed by atoms with van der Waals surface area (Å²) in [6.45, 7) is 5.01. The number of nitrogens with zero attached hydrogens (tertiary/aromatic N) is 2. The molecule has 0 aliphatic heterocycles. The first-order chi connectivity index (χ1) is 12.6. The van der Waals surface area contributed by atoms with Gasteiger partial charge in [-0.3, -0.25) is 4.79 Å². The first-order valence-electron chi connectivity index (χ1n) is 8.56. The van der Waals surface area contributed by atoms with Gasteiger partial charge >= 0.3 is 0 Å². The van der Waals surface area contributed by atoms with Gasteiger partial charge in [0.05, 0.1) is 19.3 Å². The van der Waals surface area contributed by atoms with Crippen molar-refractivity contribution in [1.29, 1.82) is 0 Å². The maximum absolute atomic E-state index is 12.3. The topological polar surface area (TPSA) is 60.9 Å². The lowest BCUT2D eigenvalue weighted by molar-refractivity contribution is -0.138. The number of rotatable bonds is 10. The number of carbonyl (C=O) groups excluding carboxylic acids is 1. The Balaban J connectivity index is 2.00. The smallest absolute Gasteiger partial charge is 0.249 e. The van der Waals surface area contributed by atoms with E-state index < -0.39 is 0 Å². The Labute approximate surface area is 158 Å². The van der Waals surface area contributed by atoms with E-state index in [1.54, 1.807) is 7.11 Å². The highest BCUT2D eigenvalue weighted by Crippen LogP contribution is 2.27. The number of hydrogen-bond acceptors (Lipinski definition) is 6. The normalized spacial score (nSPS) is 11.8. The molecule has 1 amide bonds. The van der Waals surface area contributed by atoms with Crippen LogP contribution in [0.25, 0.3) is 0 Å². The zero-order valence-electron chi connectivity index (χ0n) is 15.7. The van der Waals surface area contributed by atoms with Crippen molar-refractivity contribution >= 4 is 17.2 Å². The standard InChI is InChI=1S/C19H26N2O4S/c1-5-14(2)21(19(22)12-23-3)10-15-13-26-18(20-15)11-25-17-9-7-6-8-16(17)24-4/h6-9,13-14H,5,10-12H2,1-4H3. The predicted octanol–water partition coefficient (Wildman–Crippen LogP) is 3.50. The highest BCUT2D eigenvalue weighted by Gasteiger charge is 2.20. The van der Waals surface area contributed by atoms with E-state index >= 15 is 0 Å². The number of aromatic nitrogens is 1. The van der Waals surface area contributed by atoms with E-state index in [4.69, 9.17) is 14.2 Å². The molecule has 0 spiro atoms. The molecule has 6 nitrogen and oxygen atoms in total. The molecule has 0 aliphatic carbocycles. The molecule has 1 aromatic carbocycles. The Bertz CT molecular complexity index is 704. The molecule has 0 saturated carbocycles. The summed E-state index contributed by atoms with van der Waals surface area (Å²) in [5.74, 6) is 1.35. The van der Waals surface area contributed by atoms with Crippen molar-refractivity contribution in [1.82, 2.24) is 9.88 Å². The number of carbonyl (C=O) groups is 1. The zero-order valence-corrected chi connectivity index (χ0v) is 16.5. The fourth-order valence-electron chi connectivity index (χ4n) is 2.46. The summed E-state index contributed by atoms with van der Waals surface area (Å²) < 4.78 is 16.1. The van der Waals surface area contributed by atoms with Gasteiger partial charge < -0.3 is 19.1 Å². The quantitative estimate of drug-likeness (QED) is 0.633. The molecule has 0 N–H and O–H groups in total. The molecule has 7 heteroatoms. The zero-order chi connectivity index (χ0) is 18.9. The average molecular weight is 378 g/mol. The minimum absolute atomic E-state index is 0.0262. The number of amides is 1. The van der Waals surface area contributed by atoms with E-state index in [9.17, 15) is 4.79 Å². The fraction of sp³-hybridized carbons (Fsp3) is 0.474. The summed E-state index contributed by atoms with van der Waals surface area (Å²) in [4.78, 5) is 18.7. The SMILES string of the molecule is CCC(C)N(Cc1csc(COc2ccccc2OC)n1)C(=O)COC. The lowest BCUT2D eigenvalue weighted by Gasteiger charge is -2.27. The minimum atomic E-state index is -0.0262. The van der Waals surface area contributed by atoms with Gasteiger partial charge in [0.25, 0.3) is 0 Å². The molecule has 142 valence electrons. The lowest BCUT2D eigenvalue weighted by Crippen LogP contribution is -2.39. The first kappa shape index (κ1) is 20.2. The van der Waals surface area contributed by atoms with Crippen molar-refractivity contribution < 1.29 is 19.0 Å². The average Bonchev–Trinajstić information content (AvgIpc) is 3.11. The van der Waals surface area contributed by atoms with Gasteiger partial charge in [0.1, 0.15) is 18.2 Å². The van der Waals surface area contributed by atoms with E-state index in [0.29, 0.717) is 24.7 Å². The largest absolute Gasteiger partial charge is 0.493 e. The maximum Gasteiger partial charge on any atom is 0.249 e. The van der Waals surface area contributed by atoms with Crippen LogP contribution in [0.5, 0.6) is 11.5 Å². The van der Waals surface area contributed by atoms with E-state index in [-0.39, 0.29) is 18.6 Å². The van der Waals surface area contributed by atoms with Crippen LogP contribution in [0.3, 0.4) is 0 Å². The molecule has 0 saturated heterocycles. The second-order valence-electron chi connectivity index (χ2n) is 5.88. The Morgan fingerprint density at radius 3 is 2.65 bits per heavy atom. The van der Waals surface area contributed by atoms with Crippen molar-refractivity contribution in [3.05, 3.63) is 40.3 Å². The Morgan fingerprint density at radius 2 is 2.00 bits per heavy atom. The third-order valence-corrected chi connectivity index (χ3v) is 4.93. The van der Waals surface area contributed by atoms with Crippen molar-refractivity contribution in [3.63, 3.8) is 0 Å². The molecule has 2 rings (SSSR count). The molecular formula is C19H26N2O4S. The molecule has 1 atom stereocenters. The summed E-state index contributed by atoms with van der Waals surface area (Å²) in [5, 5.41) is 2.82. The number of para-hydroxylation sites is 2. The predicted molar refractivity (Wildman–Crippen MR) is 102 cm³/mol. The monoisotopic (exact) mass is 378 g/mol. The lowest BCUT2D eigenvalue weighted by atomic mass is 10.2. The Hall–Kier alpha value is -2.12. The van der Waals surface area contributed by atoms with Gasteiger partial charge in [-0.15, -0.1) is 11.3 Å². The molecule has 1 aromatic heterocycles. The van der Waals surface area contributed by atoms with Gasteiger partial charge in [0.2, 0.25) is 5.91 Å². The van der Waals surface area contributed by atoms with Crippen molar-refractivity contribution in [2.75, 3.05) is 20.8 Å². The van der Waals surface area contributed by atoms with E-state index in [0.717, 1.165) is 17.1 Å². The van der Waals surface area contributed by atoms with Crippen LogP contribution in [0.4, 0.5) is 0 Å². The van der Waals surface area contributed by atoms with E-state index in [1.165, 1.54) is 18.4 Å². The van der Waals surface area contributed by atoms with Crippen molar-refractivity contribution in [2.24, 2.45) is 0 Å². The number of thiazole rings is 1.